The van der Waals surface area contributed by atoms with Crippen LogP contribution >= 0.6 is 11.6 Å². The molecule has 0 radical (unpaired) electrons. The van der Waals surface area contributed by atoms with Crippen molar-refractivity contribution in [3.8, 4) is 6.07 Å². The lowest BCUT2D eigenvalue weighted by molar-refractivity contribution is 0.857. The van der Waals surface area contributed by atoms with Crippen molar-refractivity contribution in [2.45, 2.75) is 13.3 Å². The SMILES string of the molecule is Cc1ccc(C2=CC(Cl)=CCC2C#N)cc1. The fourth-order valence-electron chi connectivity index (χ4n) is 1.82. The molecule has 0 aromatic heterocycles. The van der Waals surface area contributed by atoms with Crippen LogP contribution < -0.4 is 0 Å². The highest BCUT2D eigenvalue weighted by Crippen LogP contribution is 2.32. The standard InChI is InChI=1S/C14H12ClN/c1-10-2-4-11(5-3-10)14-8-13(15)7-6-12(14)9-16/h2-5,7-8,12H,6H2,1H3. The molecule has 2 heteroatoms. The van der Waals surface area contributed by atoms with Gasteiger partial charge < -0.3 is 0 Å². The number of benzene rings is 1. The van der Waals surface area contributed by atoms with Gasteiger partial charge in [-0.2, -0.15) is 5.26 Å². The maximum absolute atomic E-state index is 9.10. The Hall–Kier alpha value is -1.52. The summed E-state index contributed by atoms with van der Waals surface area (Å²) in [5.74, 6) is -0.0785. The number of nitriles is 1. The molecule has 2 rings (SSSR count). The Morgan fingerprint density at radius 3 is 2.62 bits per heavy atom. The minimum atomic E-state index is -0.0785. The fourth-order valence-corrected chi connectivity index (χ4v) is 2.02. The molecule has 0 fully saturated rings. The van der Waals surface area contributed by atoms with Gasteiger partial charge in [0.1, 0.15) is 0 Å². The van der Waals surface area contributed by atoms with E-state index in [1.165, 1.54) is 5.56 Å². The van der Waals surface area contributed by atoms with Gasteiger partial charge in [0.25, 0.3) is 0 Å². The van der Waals surface area contributed by atoms with E-state index in [4.69, 9.17) is 16.9 Å². The molecular formula is C14H12ClN. The molecule has 1 aromatic rings. The van der Waals surface area contributed by atoms with Crippen molar-refractivity contribution in [1.29, 1.82) is 5.26 Å². The Morgan fingerprint density at radius 1 is 1.31 bits per heavy atom. The maximum atomic E-state index is 9.10. The molecule has 16 heavy (non-hydrogen) atoms. The van der Waals surface area contributed by atoms with Gasteiger partial charge in [-0.3, -0.25) is 0 Å². The predicted octanol–water partition coefficient (Wildman–Crippen LogP) is 4.04. The number of aryl methyl sites for hydroxylation is 1. The van der Waals surface area contributed by atoms with E-state index >= 15 is 0 Å². The first-order valence-electron chi connectivity index (χ1n) is 5.24. The van der Waals surface area contributed by atoms with Crippen molar-refractivity contribution < 1.29 is 0 Å². The number of halogens is 1. The van der Waals surface area contributed by atoms with E-state index in [1.807, 2.05) is 31.2 Å². The summed E-state index contributed by atoms with van der Waals surface area (Å²) in [6.07, 6.45) is 4.49. The molecule has 1 nitrogen and oxygen atoms in total. The van der Waals surface area contributed by atoms with Crippen LogP contribution in [0.5, 0.6) is 0 Å². The zero-order valence-electron chi connectivity index (χ0n) is 9.07. The molecule has 0 saturated carbocycles. The van der Waals surface area contributed by atoms with Crippen molar-refractivity contribution in [3.05, 3.63) is 52.6 Å². The summed E-state index contributed by atoms with van der Waals surface area (Å²) in [5, 5.41) is 9.82. The van der Waals surface area contributed by atoms with Crippen LogP contribution in [0.1, 0.15) is 17.5 Å². The molecule has 0 aliphatic heterocycles. The molecule has 1 aromatic carbocycles. The van der Waals surface area contributed by atoms with E-state index in [2.05, 4.69) is 18.2 Å². The Morgan fingerprint density at radius 2 is 2.00 bits per heavy atom. The molecular weight excluding hydrogens is 218 g/mol. The molecule has 1 aliphatic rings. The van der Waals surface area contributed by atoms with Crippen LogP contribution in [0, 0.1) is 24.2 Å². The van der Waals surface area contributed by atoms with Gasteiger partial charge in [0.05, 0.1) is 12.0 Å². The minimum absolute atomic E-state index is 0.0785. The van der Waals surface area contributed by atoms with Crippen LogP contribution in [0.2, 0.25) is 0 Å². The molecule has 1 atom stereocenters. The normalized spacial score (nSPS) is 19.7. The zero-order valence-corrected chi connectivity index (χ0v) is 9.83. The van der Waals surface area contributed by atoms with Crippen molar-refractivity contribution in [2.24, 2.45) is 5.92 Å². The molecule has 0 amide bonds. The van der Waals surface area contributed by atoms with Gasteiger partial charge in [0.15, 0.2) is 0 Å². The molecule has 1 aliphatic carbocycles. The topological polar surface area (TPSA) is 23.8 Å². The third-order valence-electron chi connectivity index (χ3n) is 2.76. The minimum Gasteiger partial charge on any atom is -0.198 e. The first-order chi connectivity index (χ1) is 7.70. The van der Waals surface area contributed by atoms with E-state index < -0.39 is 0 Å². The number of hydrogen-bond donors (Lipinski definition) is 0. The molecule has 0 bridgehead atoms. The van der Waals surface area contributed by atoms with Crippen molar-refractivity contribution in [2.75, 3.05) is 0 Å². The smallest absolute Gasteiger partial charge is 0.0754 e. The average Bonchev–Trinajstić information content (AvgIpc) is 2.30. The number of nitrogens with zero attached hydrogens (tertiary/aromatic N) is 1. The number of rotatable bonds is 1. The van der Waals surface area contributed by atoms with Gasteiger partial charge in [-0.25, -0.2) is 0 Å². The quantitative estimate of drug-likeness (QED) is 0.713. The van der Waals surface area contributed by atoms with Gasteiger partial charge in [-0.05, 0) is 30.6 Å². The Balaban J connectivity index is 2.41. The summed E-state index contributed by atoms with van der Waals surface area (Å²) in [5.41, 5.74) is 3.33. The zero-order chi connectivity index (χ0) is 11.5. The third kappa shape index (κ3) is 2.18. The van der Waals surface area contributed by atoms with E-state index in [0.29, 0.717) is 6.42 Å². The summed E-state index contributed by atoms with van der Waals surface area (Å²) in [4.78, 5) is 0. The van der Waals surface area contributed by atoms with Crippen LogP contribution in [-0.2, 0) is 0 Å². The molecule has 0 spiro atoms. The lowest BCUT2D eigenvalue weighted by Crippen LogP contribution is -2.03. The second-order valence-electron chi connectivity index (χ2n) is 3.97. The largest absolute Gasteiger partial charge is 0.198 e. The van der Waals surface area contributed by atoms with Gasteiger partial charge in [0, 0.05) is 5.03 Å². The second kappa shape index (κ2) is 4.55. The summed E-state index contributed by atoms with van der Waals surface area (Å²) in [6.45, 7) is 2.05. The second-order valence-corrected chi connectivity index (χ2v) is 4.41. The van der Waals surface area contributed by atoms with E-state index in [1.54, 1.807) is 0 Å². The number of allylic oxidation sites excluding steroid dienone is 4. The summed E-state index contributed by atoms with van der Waals surface area (Å²) < 4.78 is 0. The first-order valence-corrected chi connectivity index (χ1v) is 5.62. The molecule has 0 N–H and O–H groups in total. The summed E-state index contributed by atoms with van der Waals surface area (Å²) in [6, 6.07) is 10.5. The fraction of sp³-hybridized carbons (Fsp3) is 0.214. The van der Waals surface area contributed by atoms with Crippen molar-refractivity contribution >= 4 is 17.2 Å². The van der Waals surface area contributed by atoms with Gasteiger partial charge in [0.2, 0.25) is 0 Å². The van der Waals surface area contributed by atoms with E-state index in [-0.39, 0.29) is 5.92 Å². The molecule has 0 heterocycles. The van der Waals surface area contributed by atoms with Crippen LogP contribution in [0.25, 0.3) is 5.57 Å². The van der Waals surface area contributed by atoms with Crippen LogP contribution in [0.15, 0.2) is 41.4 Å². The summed E-state index contributed by atoms with van der Waals surface area (Å²) in [7, 11) is 0. The summed E-state index contributed by atoms with van der Waals surface area (Å²) >= 11 is 5.99. The van der Waals surface area contributed by atoms with Crippen molar-refractivity contribution in [1.82, 2.24) is 0 Å². The Labute approximate surface area is 101 Å². The first kappa shape index (κ1) is 11.0. The average molecular weight is 230 g/mol. The lowest BCUT2D eigenvalue weighted by Gasteiger charge is -2.16. The highest BCUT2D eigenvalue weighted by molar-refractivity contribution is 6.31. The predicted molar refractivity (Wildman–Crippen MR) is 66.8 cm³/mol. The van der Waals surface area contributed by atoms with Gasteiger partial charge in [-0.1, -0.05) is 47.5 Å². The third-order valence-corrected chi connectivity index (χ3v) is 3.02. The Bertz CT molecular complexity index is 488. The van der Waals surface area contributed by atoms with E-state index in [9.17, 15) is 0 Å². The molecule has 0 saturated heterocycles. The van der Waals surface area contributed by atoms with Crippen LogP contribution in [0.3, 0.4) is 0 Å². The Kier molecular flexibility index (Phi) is 3.12. The maximum Gasteiger partial charge on any atom is 0.0754 e. The van der Waals surface area contributed by atoms with Crippen LogP contribution in [0.4, 0.5) is 0 Å². The van der Waals surface area contributed by atoms with Gasteiger partial charge >= 0.3 is 0 Å². The number of hydrogen-bond acceptors (Lipinski definition) is 1. The van der Waals surface area contributed by atoms with Crippen molar-refractivity contribution in [3.63, 3.8) is 0 Å². The molecule has 80 valence electrons. The monoisotopic (exact) mass is 229 g/mol. The lowest BCUT2D eigenvalue weighted by atomic mass is 9.87. The molecule has 1 unspecified atom stereocenters. The van der Waals surface area contributed by atoms with E-state index in [0.717, 1.165) is 16.2 Å². The van der Waals surface area contributed by atoms with Gasteiger partial charge in [-0.15, -0.1) is 0 Å². The highest BCUT2D eigenvalue weighted by Gasteiger charge is 2.18. The highest BCUT2D eigenvalue weighted by atomic mass is 35.5. The van der Waals surface area contributed by atoms with Crippen LogP contribution in [-0.4, -0.2) is 0 Å².